The van der Waals surface area contributed by atoms with Crippen molar-refractivity contribution in [2.24, 2.45) is 0 Å². The standard InChI is InChI=1S/C54H36N4O2/c1-54(2)45-19-11-9-17-39(45)40-26-22-37(31-46(40)54)58(38-23-27-42-41-18-10-12-20-47(41)59-50(42)32-38)36-24-28-48-44(30-36)43-25-21-35(29-49(43)60-48)53-56-51(33-13-5-3-6-14-33)55-52(57-53)34-15-7-4-8-16-34/h3-32H,1-2H3. The molecule has 0 amide bonds. The molecule has 60 heavy (non-hydrogen) atoms. The predicted molar refractivity (Wildman–Crippen MR) is 243 cm³/mol. The lowest BCUT2D eigenvalue weighted by atomic mass is 9.82. The minimum absolute atomic E-state index is 0.152. The van der Waals surface area contributed by atoms with Crippen LogP contribution in [0.3, 0.4) is 0 Å². The zero-order chi connectivity index (χ0) is 40.0. The van der Waals surface area contributed by atoms with Crippen LogP contribution in [-0.4, -0.2) is 15.0 Å². The Balaban J connectivity index is 1.00. The summed E-state index contributed by atoms with van der Waals surface area (Å²) in [7, 11) is 0. The maximum atomic E-state index is 6.60. The summed E-state index contributed by atoms with van der Waals surface area (Å²) in [5, 5.41) is 4.23. The number of benzene rings is 8. The van der Waals surface area contributed by atoms with Gasteiger partial charge in [0.05, 0.1) is 0 Å². The number of rotatable bonds is 6. The predicted octanol–water partition coefficient (Wildman–Crippen LogP) is 14.4. The van der Waals surface area contributed by atoms with Gasteiger partial charge in [-0.2, -0.15) is 0 Å². The van der Waals surface area contributed by atoms with Crippen molar-refractivity contribution in [1.29, 1.82) is 0 Å². The second kappa shape index (κ2) is 13.1. The van der Waals surface area contributed by atoms with Crippen LogP contribution >= 0.6 is 0 Å². The molecule has 6 heteroatoms. The molecule has 0 atom stereocenters. The molecule has 1 aliphatic carbocycles. The molecule has 0 bridgehead atoms. The molecule has 0 radical (unpaired) electrons. The molecule has 284 valence electrons. The highest BCUT2D eigenvalue weighted by Crippen LogP contribution is 2.51. The summed E-state index contributed by atoms with van der Waals surface area (Å²) in [5.41, 5.74) is 14.2. The Morgan fingerprint density at radius 3 is 1.65 bits per heavy atom. The van der Waals surface area contributed by atoms with Gasteiger partial charge < -0.3 is 13.7 Å². The van der Waals surface area contributed by atoms with E-state index in [9.17, 15) is 0 Å². The lowest BCUT2D eigenvalue weighted by molar-refractivity contribution is 0.660. The van der Waals surface area contributed by atoms with Gasteiger partial charge in [-0.15, -0.1) is 0 Å². The topological polar surface area (TPSA) is 68.2 Å². The van der Waals surface area contributed by atoms with Crippen LogP contribution in [0.1, 0.15) is 25.0 Å². The molecular formula is C54H36N4O2. The molecule has 11 aromatic rings. The fourth-order valence-corrected chi connectivity index (χ4v) is 9.11. The van der Waals surface area contributed by atoms with Gasteiger partial charge in [0, 0.05) is 66.8 Å². The van der Waals surface area contributed by atoms with Crippen LogP contribution in [0, 0.1) is 0 Å². The summed E-state index contributed by atoms with van der Waals surface area (Å²) in [4.78, 5) is 17.2. The largest absolute Gasteiger partial charge is 0.456 e. The minimum atomic E-state index is -0.152. The maximum absolute atomic E-state index is 6.60. The van der Waals surface area contributed by atoms with Gasteiger partial charge in [0.2, 0.25) is 0 Å². The van der Waals surface area contributed by atoms with Crippen molar-refractivity contribution in [1.82, 2.24) is 15.0 Å². The summed E-state index contributed by atoms with van der Waals surface area (Å²) in [6, 6.07) is 63.2. The first kappa shape index (κ1) is 34.2. The highest BCUT2D eigenvalue weighted by molar-refractivity contribution is 6.09. The quantitative estimate of drug-likeness (QED) is 0.168. The molecule has 8 aromatic carbocycles. The van der Waals surface area contributed by atoms with E-state index in [-0.39, 0.29) is 5.41 Å². The van der Waals surface area contributed by atoms with Crippen molar-refractivity contribution in [2.45, 2.75) is 19.3 Å². The van der Waals surface area contributed by atoms with Crippen molar-refractivity contribution in [3.8, 4) is 45.3 Å². The average molecular weight is 773 g/mol. The molecule has 0 fully saturated rings. The number of nitrogens with zero attached hydrogens (tertiary/aromatic N) is 4. The van der Waals surface area contributed by atoms with Crippen LogP contribution < -0.4 is 4.90 Å². The lowest BCUT2D eigenvalue weighted by Crippen LogP contribution is -2.16. The van der Waals surface area contributed by atoms with Gasteiger partial charge in [0.1, 0.15) is 22.3 Å². The van der Waals surface area contributed by atoms with Crippen molar-refractivity contribution in [3.63, 3.8) is 0 Å². The first-order chi connectivity index (χ1) is 29.5. The van der Waals surface area contributed by atoms with Gasteiger partial charge in [-0.05, 0) is 82.9 Å². The third-order valence-electron chi connectivity index (χ3n) is 12.1. The molecule has 0 unspecified atom stereocenters. The van der Waals surface area contributed by atoms with Crippen LogP contribution in [0.5, 0.6) is 0 Å². The number of fused-ring (bicyclic) bond motifs is 9. The van der Waals surface area contributed by atoms with Gasteiger partial charge in [0.25, 0.3) is 0 Å². The molecule has 0 spiro atoms. The van der Waals surface area contributed by atoms with E-state index in [1.54, 1.807) is 0 Å². The molecule has 0 saturated carbocycles. The van der Waals surface area contributed by atoms with Crippen molar-refractivity contribution in [2.75, 3.05) is 4.90 Å². The van der Waals surface area contributed by atoms with E-state index in [0.29, 0.717) is 17.5 Å². The number of furan rings is 2. The Hall–Kier alpha value is -7.83. The van der Waals surface area contributed by atoms with Gasteiger partial charge in [-0.3, -0.25) is 0 Å². The van der Waals surface area contributed by atoms with Gasteiger partial charge in [-0.1, -0.05) is 129 Å². The highest BCUT2D eigenvalue weighted by Gasteiger charge is 2.36. The maximum Gasteiger partial charge on any atom is 0.164 e. The fraction of sp³-hybridized carbons (Fsp3) is 0.0556. The number of anilines is 3. The van der Waals surface area contributed by atoms with Gasteiger partial charge >= 0.3 is 0 Å². The van der Waals surface area contributed by atoms with Gasteiger partial charge in [-0.25, -0.2) is 15.0 Å². The first-order valence-electron chi connectivity index (χ1n) is 20.3. The van der Waals surface area contributed by atoms with E-state index < -0.39 is 0 Å². The smallest absolute Gasteiger partial charge is 0.164 e. The molecule has 0 aliphatic heterocycles. The monoisotopic (exact) mass is 772 g/mol. The Kier molecular flexibility index (Phi) is 7.47. The second-order valence-corrected chi connectivity index (χ2v) is 16.0. The Labute approximate surface area is 346 Å². The van der Waals surface area contributed by atoms with Crippen LogP contribution in [0.15, 0.2) is 191 Å². The molecule has 6 nitrogen and oxygen atoms in total. The number of hydrogen-bond acceptors (Lipinski definition) is 6. The SMILES string of the molecule is CC1(C)c2ccccc2-c2ccc(N(c3ccc4c(c3)oc3ccccc34)c3ccc4oc5cc(-c6nc(-c7ccccc7)nc(-c7ccccc7)n6)ccc5c4c3)cc21. The zero-order valence-electron chi connectivity index (χ0n) is 32.9. The van der Waals surface area contributed by atoms with E-state index in [2.05, 4.69) is 122 Å². The second-order valence-electron chi connectivity index (χ2n) is 16.0. The van der Waals surface area contributed by atoms with E-state index in [0.717, 1.165) is 77.6 Å². The van der Waals surface area contributed by atoms with Crippen molar-refractivity contribution in [3.05, 3.63) is 193 Å². The van der Waals surface area contributed by atoms with E-state index in [1.165, 1.54) is 22.3 Å². The summed E-state index contributed by atoms with van der Waals surface area (Å²) >= 11 is 0. The van der Waals surface area contributed by atoms with Crippen LogP contribution in [0.25, 0.3) is 89.2 Å². The first-order valence-corrected chi connectivity index (χ1v) is 20.3. The van der Waals surface area contributed by atoms with E-state index in [4.69, 9.17) is 23.8 Å². The molecule has 3 aromatic heterocycles. The molecule has 1 aliphatic rings. The normalized spacial score (nSPS) is 13.0. The molecule has 3 heterocycles. The van der Waals surface area contributed by atoms with Crippen molar-refractivity contribution >= 4 is 60.9 Å². The molecule has 0 saturated heterocycles. The van der Waals surface area contributed by atoms with Crippen LogP contribution in [0.4, 0.5) is 17.1 Å². The third-order valence-corrected chi connectivity index (χ3v) is 12.1. The summed E-state index contributed by atoms with van der Waals surface area (Å²) in [6.07, 6.45) is 0. The van der Waals surface area contributed by atoms with Crippen molar-refractivity contribution < 1.29 is 8.83 Å². The molecule has 12 rings (SSSR count). The minimum Gasteiger partial charge on any atom is -0.456 e. The zero-order valence-corrected chi connectivity index (χ0v) is 32.9. The summed E-state index contributed by atoms with van der Waals surface area (Å²) in [5.74, 6) is 1.82. The Morgan fingerprint density at radius 2 is 0.883 bits per heavy atom. The van der Waals surface area contributed by atoms with Gasteiger partial charge in [0.15, 0.2) is 17.5 Å². The third kappa shape index (κ3) is 5.38. The molecule has 0 N–H and O–H groups in total. The molecular weight excluding hydrogens is 737 g/mol. The van der Waals surface area contributed by atoms with E-state index >= 15 is 0 Å². The average Bonchev–Trinajstić information content (AvgIpc) is 3.93. The number of aromatic nitrogens is 3. The number of hydrogen-bond donors (Lipinski definition) is 0. The lowest BCUT2D eigenvalue weighted by Gasteiger charge is -2.28. The number of para-hydroxylation sites is 1. The van der Waals surface area contributed by atoms with E-state index in [1.807, 2.05) is 78.9 Å². The Bertz CT molecular complexity index is 3420. The Morgan fingerprint density at radius 1 is 0.367 bits per heavy atom. The summed E-state index contributed by atoms with van der Waals surface area (Å²) in [6.45, 7) is 4.65. The fourth-order valence-electron chi connectivity index (χ4n) is 9.11. The van der Waals surface area contributed by atoms with Crippen LogP contribution in [0.2, 0.25) is 0 Å². The van der Waals surface area contributed by atoms with Crippen LogP contribution in [-0.2, 0) is 5.41 Å². The highest BCUT2D eigenvalue weighted by atomic mass is 16.3. The summed E-state index contributed by atoms with van der Waals surface area (Å²) < 4.78 is 13.0.